The molecule has 7 nitrogen and oxygen atoms in total. The van der Waals surface area contributed by atoms with Crippen LogP contribution in [0.1, 0.15) is 0 Å². The number of benzene rings is 8. The van der Waals surface area contributed by atoms with Crippen molar-refractivity contribution in [2.24, 2.45) is 0 Å². The second kappa shape index (κ2) is 13.1. The van der Waals surface area contributed by atoms with Gasteiger partial charge in [-0.25, -0.2) is 9.97 Å². The van der Waals surface area contributed by atoms with Gasteiger partial charge < -0.3 is 18.4 Å². The summed E-state index contributed by atoms with van der Waals surface area (Å²) in [6, 6.07) is 62.6. The van der Waals surface area contributed by atoms with Crippen molar-refractivity contribution < 1.29 is 29.9 Å². The molecule has 14 rings (SSSR count). The van der Waals surface area contributed by atoms with Gasteiger partial charge in [-0.05, 0) is 70.2 Å². The SMILES string of the molecule is [Pt+2].[c-]1c(-c2cc3c4ccccc4oc3c3c2nc(-c2cccc4c2[n-]c2ccccc24)n3-c2ccc3oc4ccccc4c3c2)ccc2c3ccccc3n(-c3ccccn3)c12. The Morgan fingerprint density at radius 3 is 2.10 bits per heavy atom. The zero-order valence-electron chi connectivity index (χ0n) is 32.6. The average Bonchev–Trinajstić information content (AvgIpc) is 4.14. The predicted molar refractivity (Wildman–Crippen MR) is 246 cm³/mol. The van der Waals surface area contributed by atoms with Gasteiger partial charge in [-0.15, -0.1) is 34.8 Å². The molecule has 62 heavy (non-hydrogen) atoms. The molecule has 0 radical (unpaired) electrons. The summed E-state index contributed by atoms with van der Waals surface area (Å²) in [4.78, 5) is 15.8. The zero-order chi connectivity index (χ0) is 39.8. The number of fused-ring (bicyclic) bond motifs is 14. The number of nitrogens with zero attached hydrogens (tertiary/aromatic N) is 5. The third-order valence-corrected chi connectivity index (χ3v) is 12.3. The van der Waals surface area contributed by atoms with Gasteiger partial charge in [0.25, 0.3) is 0 Å². The summed E-state index contributed by atoms with van der Waals surface area (Å²) in [5.74, 6) is 1.59. The van der Waals surface area contributed by atoms with Crippen LogP contribution in [0.15, 0.2) is 185 Å². The van der Waals surface area contributed by atoms with E-state index in [-0.39, 0.29) is 21.1 Å². The van der Waals surface area contributed by atoms with Crippen LogP contribution in [0.3, 0.4) is 0 Å². The third-order valence-electron chi connectivity index (χ3n) is 12.3. The van der Waals surface area contributed by atoms with Crippen molar-refractivity contribution in [2.75, 3.05) is 0 Å². The molecule has 6 aromatic heterocycles. The van der Waals surface area contributed by atoms with Gasteiger partial charge in [-0.3, -0.25) is 4.57 Å². The van der Waals surface area contributed by atoms with Crippen molar-refractivity contribution in [3.63, 3.8) is 0 Å². The van der Waals surface area contributed by atoms with Crippen molar-refractivity contribution in [3.8, 4) is 34.0 Å². The molecule has 0 saturated heterocycles. The number of para-hydroxylation sites is 5. The number of furan rings is 2. The minimum absolute atomic E-state index is 0. The Morgan fingerprint density at radius 1 is 0.516 bits per heavy atom. The number of hydrogen-bond acceptors (Lipinski definition) is 4. The topological polar surface area (TPSA) is 76.0 Å². The molecule has 292 valence electrons. The Balaban J connectivity index is 0.00000391. The summed E-state index contributed by atoms with van der Waals surface area (Å²) < 4.78 is 17.7. The van der Waals surface area contributed by atoms with Gasteiger partial charge in [0, 0.05) is 44.5 Å². The van der Waals surface area contributed by atoms with E-state index in [9.17, 15) is 0 Å². The van der Waals surface area contributed by atoms with Crippen LogP contribution < -0.4 is 4.98 Å². The van der Waals surface area contributed by atoms with Gasteiger partial charge in [0.2, 0.25) is 0 Å². The quantitative estimate of drug-likeness (QED) is 0.164. The van der Waals surface area contributed by atoms with Crippen LogP contribution in [0.4, 0.5) is 0 Å². The Labute approximate surface area is 366 Å². The average molecular weight is 975 g/mol. The van der Waals surface area contributed by atoms with Gasteiger partial charge >= 0.3 is 21.1 Å². The van der Waals surface area contributed by atoms with Crippen molar-refractivity contribution in [3.05, 3.63) is 182 Å². The van der Waals surface area contributed by atoms with Gasteiger partial charge in [-0.2, -0.15) is 0 Å². The Hall–Kier alpha value is -7.73. The molecule has 14 aromatic rings. The maximum Gasteiger partial charge on any atom is 2.00 e. The van der Waals surface area contributed by atoms with E-state index in [1.807, 2.05) is 54.7 Å². The molecule has 0 atom stereocenters. The molecule has 0 aliphatic carbocycles. The predicted octanol–water partition coefficient (Wildman–Crippen LogP) is 13.7. The van der Waals surface area contributed by atoms with E-state index in [0.29, 0.717) is 0 Å². The van der Waals surface area contributed by atoms with Crippen molar-refractivity contribution in [1.82, 2.24) is 24.1 Å². The summed E-state index contributed by atoms with van der Waals surface area (Å²) in [5.41, 5.74) is 12.4. The van der Waals surface area contributed by atoms with E-state index in [1.54, 1.807) is 0 Å². The molecule has 0 amide bonds. The normalized spacial score (nSPS) is 12.1. The van der Waals surface area contributed by atoms with Gasteiger partial charge in [0.05, 0.1) is 5.52 Å². The summed E-state index contributed by atoms with van der Waals surface area (Å²) in [6.07, 6.45) is 1.84. The summed E-state index contributed by atoms with van der Waals surface area (Å²) >= 11 is 0. The summed E-state index contributed by atoms with van der Waals surface area (Å²) in [7, 11) is 0. The fourth-order valence-corrected chi connectivity index (χ4v) is 9.66. The maximum atomic E-state index is 6.92. The second-order valence-corrected chi connectivity index (χ2v) is 15.7. The van der Waals surface area contributed by atoms with E-state index >= 15 is 0 Å². The molecular formula is C54H29N5O2Pt. The van der Waals surface area contributed by atoms with Crippen LogP contribution in [0, 0.1) is 6.07 Å². The van der Waals surface area contributed by atoms with Gasteiger partial charge in [-0.1, -0.05) is 120 Å². The van der Waals surface area contributed by atoms with Gasteiger partial charge in [0.15, 0.2) is 5.58 Å². The molecule has 8 aromatic carbocycles. The van der Waals surface area contributed by atoms with E-state index < -0.39 is 0 Å². The summed E-state index contributed by atoms with van der Waals surface area (Å²) in [5, 5.41) is 8.54. The number of aromatic nitrogens is 5. The van der Waals surface area contributed by atoms with E-state index in [0.717, 1.165) is 133 Å². The van der Waals surface area contributed by atoms with E-state index in [4.69, 9.17) is 23.8 Å². The smallest absolute Gasteiger partial charge is 0.656 e. The number of rotatable bonds is 4. The van der Waals surface area contributed by atoms with Crippen LogP contribution in [-0.2, 0) is 21.1 Å². The van der Waals surface area contributed by atoms with E-state index in [1.165, 1.54) is 0 Å². The minimum atomic E-state index is 0. The molecular weight excluding hydrogens is 946 g/mol. The molecule has 0 unspecified atom stereocenters. The number of pyridine rings is 1. The molecule has 0 aliphatic heterocycles. The Bertz CT molecular complexity index is 4130. The number of hydrogen-bond donors (Lipinski definition) is 0. The molecule has 8 heteroatoms. The van der Waals surface area contributed by atoms with Crippen LogP contribution in [-0.4, -0.2) is 19.1 Å². The van der Waals surface area contributed by atoms with E-state index in [2.05, 4.69) is 137 Å². The first-order valence-corrected chi connectivity index (χ1v) is 20.4. The Kier molecular flexibility index (Phi) is 7.43. The third kappa shape index (κ3) is 4.85. The Morgan fingerprint density at radius 2 is 1.24 bits per heavy atom. The van der Waals surface area contributed by atoms with Gasteiger partial charge in [0.1, 0.15) is 33.9 Å². The monoisotopic (exact) mass is 974 g/mol. The molecule has 0 N–H and O–H groups in total. The zero-order valence-corrected chi connectivity index (χ0v) is 34.9. The molecule has 0 fully saturated rings. The first-order chi connectivity index (χ1) is 30.2. The molecule has 0 aliphatic rings. The molecule has 0 bridgehead atoms. The fourth-order valence-electron chi connectivity index (χ4n) is 9.66. The van der Waals surface area contributed by atoms with Crippen LogP contribution in [0.5, 0.6) is 0 Å². The number of imidazole rings is 1. The van der Waals surface area contributed by atoms with Crippen molar-refractivity contribution >= 4 is 98.5 Å². The standard InChI is InChI=1S/C54H29N5O2.Pt/c1-5-18-43-33(12-1)38-16-11-17-39(50(38)56-43)54-57-51-40(31-23-25-35-34-13-2-6-19-44(34)59(45(35)28-31)49-22-9-10-27-55-49)30-42-37-15-4-8-21-47(37)61-53(42)52(51)58(54)32-24-26-48-41(29-32)36-14-3-7-20-46(36)60-48;/h1-27,29-30H;/q-2;+2. The first kappa shape index (κ1) is 35.1. The molecule has 6 heterocycles. The maximum absolute atomic E-state index is 6.92. The molecule has 0 saturated carbocycles. The summed E-state index contributed by atoms with van der Waals surface area (Å²) in [6.45, 7) is 0. The second-order valence-electron chi connectivity index (χ2n) is 15.7. The largest absolute Gasteiger partial charge is 2.00 e. The van der Waals surface area contributed by atoms with Crippen LogP contribution in [0.2, 0.25) is 0 Å². The van der Waals surface area contributed by atoms with Crippen molar-refractivity contribution in [1.29, 1.82) is 0 Å². The fraction of sp³-hybridized carbons (Fsp3) is 0. The first-order valence-electron chi connectivity index (χ1n) is 20.4. The van der Waals surface area contributed by atoms with Crippen molar-refractivity contribution in [2.45, 2.75) is 0 Å². The molecule has 0 spiro atoms. The minimum Gasteiger partial charge on any atom is -0.656 e. The van der Waals surface area contributed by atoms with Crippen LogP contribution >= 0.6 is 0 Å². The van der Waals surface area contributed by atoms with Crippen LogP contribution in [0.25, 0.3) is 133 Å².